The van der Waals surface area contributed by atoms with Gasteiger partial charge in [-0.3, -0.25) is 4.90 Å². The summed E-state index contributed by atoms with van der Waals surface area (Å²) in [6.07, 6.45) is 0. The van der Waals surface area contributed by atoms with Crippen LogP contribution in [0.25, 0.3) is 22.6 Å². The molecule has 0 aliphatic carbocycles. The Balaban J connectivity index is 2.26. The van der Waals surface area contributed by atoms with Gasteiger partial charge in [-0.15, -0.1) is 0 Å². The normalized spacial score (nSPS) is 11.5. The van der Waals surface area contributed by atoms with Crippen LogP contribution < -0.4 is 5.73 Å². The minimum Gasteiger partial charge on any atom is -0.379 e. The highest BCUT2D eigenvalue weighted by molar-refractivity contribution is 5.81. The fourth-order valence-corrected chi connectivity index (χ4v) is 2.03. The van der Waals surface area contributed by atoms with Crippen molar-refractivity contribution >= 4 is 16.9 Å². The average Bonchev–Trinajstić information content (AvgIpc) is 2.93. The van der Waals surface area contributed by atoms with E-state index in [2.05, 4.69) is 19.9 Å². The van der Waals surface area contributed by atoms with Crippen molar-refractivity contribution in [2.45, 2.75) is 6.67 Å². The van der Waals surface area contributed by atoms with Gasteiger partial charge in [0.1, 0.15) is 0 Å². The van der Waals surface area contributed by atoms with E-state index in [1.54, 1.807) is 0 Å². The van der Waals surface area contributed by atoms with E-state index >= 15 is 0 Å². The zero-order valence-electron chi connectivity index (χ0n) is 10.7. The number of imidazole rings is 1. The SMILES string of the molecule is CN(C)Cn1c(-c2nonc2N)nc2ccccc21. The minimum atomic E-state index is 0.246. The summed E-state index contributed by atoms with van der Waals surface area (Å²) in [6.45, 7) is 0.669. The maximum absolute atomic E-state index is 5.76. The molecule has 19 heavy (non-hydrogen) atoms. The standard InChI is InChI=1S/C12H14N6O/c1-17(2)7-18-9-6-4-3-5-8(9)14-12(18)10-11(13)16-19-15-10/h3-6H,7H2,1-2H3,(H2,13,16). The molecule has 7 nitrogen and oxygen atoms in total. The molecule has 0 saturated heterocycles. The van der Waals surface area contributed by atoms with Crippen molar-refractivity contribution in [1.82, 2.24) is 24.8 Å². The first-order valence-corrected chi connectivity index (χ1v) is 5.85. The van der Waals surface area contributed by atoms with E-state index in [-0.39, 0.29) is 5.82 Å². The lowest BCUT2D eigenvalue weighted by atomic mass is 10.3. The number of nitrogens with two attached hydrogens (primary N) is 1. The molecule has 0 fully saturated rings. The highest BCUT2D eigenvalue weighted by atomic mass is 16.6. The van der Waals surface area contributed by atoms with Gasteiger partial charge in [-0.1, -0.05) is 12.1 Å². The zero-order valence-corrected chi connectivity index (χ0v) is 10.7. The third-order valence-corrected chi connectivity index (χ3v) is 2.80. The molecule has 98 valence electrons. The second-order valence-corrected chi connectivity index (χ2v) is 4.57. The van der Waals surface area contributed by atoms with E-state index in [1.807, 2.05) is 47.8 Å². The van der Waals surface area contributed by atoms with Crippen LogP contribution in [0.1, 0.15) is 0 Å². The predicted octanol–water partition coefficient (Wildman–Crippen LogP) is 1.19. The van der Waals surface area contributed by atoms with Crippen LogP contribution in [-0.2, 0) is 6.67 Å². The number of hydrogen-bond donors (Lipinski definition) is 1. The van der Waals surface area contributed by atoms with E-state index in [0.29, 0.717) is 18.2 Å². The largest absolute Gasteiger partial charge is 0.379 e. The minimum absolute atomic E-state index is 0.246. The second kappa shape index (κ2) is 4.36. The summed E-state index contributed by atoms with van der Waals surface area (Å²) in [5.74, 6) is 0.906. The number of anilines is 1. The van der Waals surface area contributed by atoms with Gasteiger partial charge in [0.05, 0.1) is 17.7 Å². The van der Waals surface area contributed by atoms with Crippen molar-refractivity contribution in [3.8, 4) is 11.5 Å². The lowest BCUT2D eigenvalue weighted by Gasteiger charge is -2.13. The molecule has 0 amide bonds. The highest BCUT2D eigenvalue weighted by Gasteiger charge is 2.18. The molecular formula is C12H14N6O. The highest BCUT2D eigenvalue weighted by Crippen LogP contribution is 2.26. The van der Waals surface area contributed by atoms with Crippen LogP contribution >= 0.6 is 0 Å². The van der Waals surface area contributed by atoms with Crippen LogP contribution in [-0.4, -0.2) is 38.9 Å². The molecule has 0 bridgehead atoms. The second-order valence-electron chi connectivity index (χ2n) is 4.57. The van der Waals surface area contributed by atoms with Crippen LogP contribution in [0.2, 0.25) is 0 Å². The number of para-hydroxylation sites is 2. The fourth-order valence-electron chi connectivity index (χ4n) is 2.03. The molecule has 2 N–H and O–H groups in total. The first-order chi connectivity index (χ1) is 9.16. The number of benzene rings is 1. The molecule has 2 heterocycles. The van der Waals surface area contributed by atoms with Crippen molar-refractivity contribution < 1.29 is 4.63 Å². The molecule has 3 rings (SSSR count). The van der Waals surface area contributed by atoms with Crippen LogP contribution in [0, 0.1) is 0 Å². The Kier molecular flexibility index (Phi) is 2.68. The van der Waals surface area contributed by atoms with E-state index in [9.17, 15) is 0 Å². The maximum atomic E-state index is 5.76. The summed E-state index contributed by atoms with van der Waals surface area (Å²) in [4.78, 5) is 6.61. The number of hydrogen-bond acceptors (Lipinski definition) is 6. The average molecular weight is 258 g/mol. The molecule has 1 aromatic carbocycles. The van der Waals surface area contributed by atoms with Gasteiger partial charge in [0.15, 0.2) is 17.3 Å². The Morgan fingerprint density at radius 2 is 2.05 bits per heavy atom. The van der Waals surface area contributed by atoms with E-state index in [1.165, 1.54) is 0 Å². The Bertz CT molecular complexity index is 714. The zero-order chi connectivity index (χ0) is 13.4. The molecule has 0 atom stereocenters. The molecule has 7 heteroatoms. The molecule has 2 aromatic heterocycles. The first kappa shape index (κ1) is 11.7. The quantitative estimate of drug-likeness (QED) is 0.759. The van der Waals surface area contributed by atoms with Gasteiger partial charge >= 0.3 is 0 Å². The molecular weight excluding hydrogens is 244 g/mol. The Labute approximate surface area is 109 Å². The summed E-state index contributed by atoms with van der Waals surface area (Å²) in [6, 6.07) is 7.89. The van der Waals surface area contributed by atoms with Gasteiger partial charge in [0.2, 0.25) is 0 Å². The monoisotopic (exact) mass is 258 g/mol. The van der Waals surface area contributed by atoms with Crippen molar-refractivity contribution in [2.24, 2.45) is 0 Å². The summed E-state index contributed by atoms with van der Waals surface area (Å²) in [7, 11) is 3.98. The smallest absolute Gasteiger partial charge is 0.199 e. The van der Waals surface area contributed by atoms with Gasteiger partial charge in [-0.2, -0.15) is 0 Å². The van der Waals surface area contributed by atoms with Crippen LogP contribution in [0.4, 0.5) is 5.82 Å². The molecule has 0 unspecified atom stereocenters. The maximum Gasteiger partial charge on any atom is 0.199 e. The Morgan fingerprint density at radius 3 is 2.74 bits per heavy atom. The van der Waals surface area contributed by atoms with Gasteiger partial charge in [0.25, 0.3) is 0 Å². The number of rotatable bonds is 3. The fraction of sp³-hybridized carbons (Fsp3) is 0.250. The van der Waals surface area contributed by atoms with Gasteiger partial charge < -0.3 is 10.3 Å². The summed E-state index contributed by atoms with van der Waals surface area (Å²) >= 11 is 0. The van der Waals surface area contributed by atoms with E-state index in [0.717, 1.165) is 11.0 Å². The summed E-state index contributed by atoms with van der Waals surface area (Å²) in [5.41, 5.74) is 8.14. The number of aromatic nitrogens is 4. The number of fused-ring (bicyclic) bond motifs is 1. The summed E-state index contributed by atoms with van der Waals surface area (Å²) in [5, 5.41) is 7.44. The van der Waals surface area contributed by atoms with Gasteiger partial charge in [-0.25, -0.2) is 9.61 Å². The predicted molar refractivity (Wildman–Crippen MR) is 71.1 cm³/mol. The number of nitrogen functional groups attached to an aromatic ring is 1. The van der Waals surface area contributed by atoms with E-state index < -0.39 is 0 Å². The lowest BCUT2D eigenvalue weighted by Crippen LogP contribution is -2.17. The van der Waals surface area contributed by atoms with Gasteiger partial charge in [-0.05, 0) is 36.5 Å². The third kappa shape index (κ3) is 1.93. The molecule has 3 aromatic rings. The molecule has 0 spiro atoms. The van der Waals surface area contributed by atoms with Crippen LogP contribution in [0.5, 0.6) is 0 Å². The molecule has 0 aliphatic rings. The lowest BCUT2D eigenvalue weighted by molar-refractivity contribution is 0.308. The Hall–Kier alpha value is -2.41. The molecule has 0 radical (unpaired) electrons. The van der Waals surface area contributed by atoms with Crippen molar-refractivity contribution in [2.75, 3.05) is 19.8 Å². The van der Waals surface area contributed by atoms with Crippen LogP contribution in [0.15, 0.2) is 28.9 Å². The first-order valence-electron chi connectivity index (χ1n) is 5.85. The van der Waals surface area contributed by atoms with Crippen LogP contribution in [0.3, 0.4) is 0 Å². The van der Waals surface area contributed by atoms with Crippen molar-refractivity contribution in [3.05, 3.63) is 24.3 Å². The molecule has 0 aliphatic heterocycles. The third-order valence-electron chi connectivity index (χ3n) is 2.80. The number of nitrogens with zero attached hydrogens (tertiary/aromatic N) is 5. The van der Waals surface area contributed by atoms with E-state index in [4.69, 9.17) is 5.73 Å². The van der Waals surface area contributed by atoms with Crippen molar-refractivity contribution in [1.29, 1.82) is 0 Å². The Morgan fingerprint density at radius 1 is 1.26 bits per heavy atom. The van der Waals surface area contributed by atoms with Gasteiger partial charge in [0, 0.05) is 0 Å². The topological polar surface area (TPSA) is 86.0 Å². The summed E-state index contributed by atoms with van der Waals surface area (Å²) < 4.78 is 6.70. The molecule has 0 saturated carbocycles. The van der Waals surface area contributed by atoms with Crippen molar-refractivity contribution in [3.63, 3.8) is 0 Å².